The highest BCUT2D eigenvalue weighted by molar-refractivity contribution is 9.10. The lowest BCUT2D eigenvalue weighted by Gasteiger charge is -2.13. The lowest BCUT2D eigenvalue weighted by atomic mass is 10.0. The molecular formula is C21H19BrO5. The third-order valence-electron chi connectivity index (χ3n) is 4.49. The Kier molecular flexibility index (Phi) is 5.65. The summed E-state index contributed by atoms with van der Waals surface area (Å²) in [5.41, 5.74) is 2.74. The minimum Gasteiger partial charge on any atom is -0.488 e. The second-order valence-electron chi connectivity index (χ2n) is 6.23. The molecule has 1 aromatic heterocycles. The fraction of sp³-hybridized carbons (Fsp3) is 0.238. The fourth-order valence-electron chi connectivity index (χ4n) is 2.94. The molecule has 0 aliphatic rings. The van der Waals surface area contributed by atoms with Gasteiger partial charge in [0.05, 0.1) is 19.1 Å². The molecular weight excluding hydrogens is 412 g/mol. The molecule has 5 nitrogen and oxygen atoms in total. The summed E-state index contributed by atoms with van der Waals surface area (Å²) in [6.07, 6.45) is -0.110. The Labute approximate surface area is 165 Å². The first-order valence-electron chi connectivity index (χ1n) is 8.40. The summed E-state index contributed by atoms with van der Waals surface area (Å²) < 4.78 is 17.1. The zero-order valence-electron chi connectivity index (χ0n) is 15.3. The van der Waals surface area contributed by atoms with Crippen molar-refractivity contribution in [1.82, 2.24) is 0 Å². The van der Waals surface area contributed by atoms with Crippen LogP contribution in [0.1, 0.15) is 22.3 Å². The molecule has 0 fully saturated rings. The van der Waals surface area contributed by atoms with E-state index in [1.165, 1.54) is 7.11 Å². The van der Waals surface area contributed by atoms with Crippen LogP contribution in [0, 0.1) is 13.8 Å². The summed E-state index contributed by atoms with van der Waals surface area (Å²) in [4.78, 5) is 23.9. The predicted octanol–water partition coefficient (Wildman–Crippen LogP) is 4.47. The fourth-order valence-corrected chi connectivity index (χ4v) is 3.38. The number of methoxy groups -OCH3 is 1. The van der Waals surface area contributed by atoms with Crippen LogP contribution in [0.5, 0.6) is 5.75 Å². The van der Waals surface area contributed by atoms with Crippen molar-refractivity contribution >= 4 is 32.9 Å². The van der Waals surface area contributed by atoms with Gasteiger partial charge in [-0.05, 0) is 49.2 Å². The van der Waals surface area contributed by atoms with Crippen molar-refractivity contribution in [2.75, 3.05) is 7.11 Å². The van der Waals surface area contributed by atoms with Gasteiger partial charge in [-0.25, -0.2) is 4.79 Å². The topological polar surface area (TPSA) is 65.7 Å². The van der Waals surface area contributed by atoms with Gasteiger partial charge in [-0.3, -0.25) is 4.79 Å². The van der Waals surface area contributed by atoms with Crippen molar-refractivity contribution in [3.05, 3.63) is 73.5 Å². The molecule has 0 saturated heterocycles. The van der Waals surface area contributed by atoms with Crippen LogP contribution in [-0.2, 0) is 22.6 Å². The van der Waals surface area contributed by atoms with E-state index in [4.69, 9.17) is 9.15 Å². The quantitative estimate of drug-likeness (QED) is 0.441. The number of rotatable bonds is 5. The van der Waals surface area contributed by atoms with E-state index in [9.17, 15) is 9.59 Å². The van der Waals surface area contributed by atoms with E-state index in [2.05, 4.69) is 20.7 Å². The maximum Gasteiger partial charge on any atom is 0.340 e. The first-order chi connectivity index (χ1) is 12.9. The van der Waals surface area contributed by atoms with Gasteiger partial charge in [0.2, 0.25) is 0 Å². The summed E-state index contributed by atoms with van der Waals surface area (Å²) in [5, 5.41) is 0.779. The Bertz CT molecular complexity index is 1070. The maximum atomic E-state index is 12.4. The van der Waals surface area contributed by atoms with Crippen molar-refractivity contribution in [3.63, 3.8) is 0 Å². The number of benzene rings is 2. The number of hydrogen-bond acceptors (Lipinski definition) is 5. The van der Waals surface area contributed by atoms with Gasteiger partial charge in [0.15, 0.2) is 0 Å². The van der Waals surface area contributed by atoms with E-state index < -0.39 is 11.6 Å². The lowest BCUT2D eigenvalue weighted by Crippen LogP contribution is -2.16. The first-order valence-corrected chi connectivity index (χ1v) is 9.20. The highest BCUT2D eigenvalue weighted by Gasteiger charge is 2.17. The summed E-state index contributed by atoms with van der Waals surface area (Å²) in [6.45, 7) is 4.05. The predicted molar refractivity (Wildman–Crippen MR) is 106 cm³/mol. The third kappa shape index (κ3) is 4.06. The Morgan fingerprint density at radius 3 is 2.63 bits per heavy atom. The summed E-state index contributed by atoms with van der Waals surface area (Å²) in [7, 11) is 1.29. The standard InChI is InChI=1S/C21H19BrO5/c1-12-16-7-8-18(26-11-14-5-4-6-15(22)9-14)13(2)20(16)27-21(24)17(12)10-19(23)25-3/h4-9H,10-11H2,1-3H3. The van der Waals surface area contributed by atoms with Crippen molar-refractivity contribution < 1.29 is 18.7 Å². The van der Waals surface area contributed by atoms with E-state index in [0.29, 0.717) is 29.1 Å². The van der Waals surface area contributed by atoms with Crippen LogP contribution in [0.3, 0.4) is 0 Å². The molecule has 0 bridgehead atoms. The third-order valence-corrected chi connectivity index (χ3v) is 4.98. The van der Waals surface area contributed by atoms with E-state index in [0.717, 1.165) is 21.0 Å². The highest BCUT2D eigenvalue weighted by Crippen LogP contribution is 2.30. The largest absolute Gasteiger partial charge is 0.488 e. The number of esters is 1. The second kappa shape index (κ2) is 7.96. The van der Waals surface area contributed by atoms with Gasteiger partial charge in [0.1, 0.15) is 17.9 Å². The first kappa shape index (κ1) is 19.2. The number of carbonyl (C=O) groups is 1. The smallest absolute Gasteiger partial charge is 0.340 e. The van der Waals surface area contributed by atoms with Crippen molar-refractivity contribution in [2.45, 2.75) is 26.9 Å². The molecule has 3 aromatic rings. The minimum atomic E-state index is -0.530. The summed E-state index contributed by atoms with van der Waals surface area (Å²) in [5.74, 6) is 0.168. The van der Waals surface area contributed by atoms with Crippen LogP contribution in [0.4, 0.5) is 0 Å². The van der Waals surface area contributed by atoms with Crippen LogP contribution in [0.25, 0.3) is 11.0 Å². The average Bonchev–Trinajstić information content (AvgIpc) is 2.65. The molecule has 0 aliphatic heterocycles. The number of aryl methyl sites for hydroxylation is 2. The number of hydrogen-bond donors (Lipinski definition) is 0. The van der Waals surface area contributed by atoms with Crippen molar-refractivity contribution in [2.24, 2.45) is 0 Å². The molecule has 0 unspecified atom stereocenters. The molecule has 0 amide bonds. The van der Waals surface area contributed by atoms with Crippen LogP contribution < -0.4 is 10.4 Å². The molecule has 0 spiro atoms. The zero-order valence-corrected chi connectivity index (χ0v) is 16.9. The van der Waals surface area contributed by atoms with Gasteiger partial charge in [0.25, 0.3) is 0 Å². The van der Waals surface area contributed by atoms with Crippen LogP contribution in [0.15, 0.2) is 50.1 Å². The number of halogens is 1. The molecule has 2 aromatic carbocycles. The molecule has 6 heteroatoms. The van der Waals surface area contributed by atoms with Crippen molar-refractivity contribution in [1.29, 1.82) is 0 Å². The van der Waals surface area contributed by atoms with Gasteiger partial charge in [-0.1, -0.05) is 28.1 Å². The highest BCUT2D eigenvalue weighted by atomic mass is 79.9. The van der Waals surface area contributed by atoms with E-state index in [1.54, 1.807) is 6.92 Å². The molecule has 3 rings (SSSR count). The molecule has 0 N–H and O–H groups in total. The van der Waals surface area contributed by atoms with Crippen LogP contribution in [-0.4, -0.2) is 13.1 Å². The monoisotopic (exact) mass is 430 g/mol. The Morgan fingerprint density at radius 1 is 1.15 bits per heavy atom. The summed E-state index contributed by atoms with van der Waals surface area (Å²) >= 11 is 3.44. The molecule has 27 heavy (non-hydrogen) atoms. The Morgan fingerprint density at radius 2 is 1.93 bits per heavy atom. The molecule has 1 heterocycles. The molecule has 0 aliphatic carbocycles. The molecule has 0 saturated carbocycles. The van der Waals surface area contributed by atoms with Gasteiger partial charge < -0.3 is 13.9 Å². The molecule has 0 atom stereocenters. The zero-order chi connectivity index (χ0) is 19.6. The maximum absolute atomic E-state index is 12.4. The number of ether oxygens (including phenoxy) is 2. The number of fused-ring (bicyclic) bond motifs is 1. The normalized spacial score (nSPS) is 10.8. The second-order valence-corrected chi connectivity index (χ2v) is 7.15. The van der Waals surface area contributed by atoms with Gasteiger partial charge in [-0.2, -0.15) is 0 Å². The van der Waals surface area contributed by atoms with Gasteiger partial charge in [-0.15, -0.1) is 0 Å². The SMILES string of the molecule is COC(=O)Cc1c(C)c2ccc(OCc3cccc(Br)c3)c(C)c2oc1=O. The summed E-state index contributed by atoms with van der Waals surface area (Å²) in [6, 6.07) is 11.6. The van der Waals surface area contributed by atoms with E-state index in [-0.39, 0.29) is 6.42 Å². The average molecular weight is 431 g/mol. The van der Waals surface area contributed by atoms with Crippen molar-refractivity contribution in [3.8, 4) is 5.75 Å². The van der Waals surface area contributed by atoms with Gasteiger partial charge in [0, 0.05) is 15.4 Å². The van der Waals surface area contributed by atoms with E-state index in [1.807, 2.05) is 43.3 Å². The van der Waals surface area contributed by atoms with Crippen LogP contribution in [0.2, 0.25) is 0 Å². The molecule has 0 radical (unpaired) electrons. The van der Waals surface area contributed by atoms with Crippen LogP contribution >= 0.6 is 15.9 Å². The van der Waals surface area contributed by atoms with E-state index >= 15 is 0 Å². The number of carbonyl (C=O) groups excluding carboxylic acids is 1. The lowest BCUT2D eigenvalue weighted by molar-refractivity contribution is -0.139. The minimum absolute atomic E-state index is 0.110. The van der Waals surface area contributed by atoms with Gasteiger partial charge >= 0.3 is 11.6 Å². The molecule has 140 valence electrons. The Hall–Kier alpha value is -2.60. The Balaban J connectivity index is 1.96.